The molecule has 1 aliphatic rings. The second-order valence-electron chi connectivity index (χ2n) is 4.97. The number of pyridine rings is 1. The first kappa shape index (κ1) is 13.3. The van der Waals surface area contributed by atoms with Crippen molar-refractivity contribution in [1.29, 1.82) is 0 Å². The number of carboxylic acid groups (broad SMARTS) is 1. The zero-order valence-corrected chi connectivity index (χ0v) is 11.5. The summed E-state index contributed by atoms with van der Waals surface area (Å²) in [4.78, 5) is 29.4. The third-order valence-electron chi connectivity index (χ3n) is 3.67. The van der Waals surface area contributed by atoms with Crippen molar-refractivity contribution in [2.75, 3.05) is 11.4 Å². The lowest BCUT2D eigenvalue weighted by atomic mass is 10.1. The molecule has 1 N–H and O–H groups in total. The van der Waals surface area contributed by atoms with Crippen LogP contribution in [0, 0.1) is 6.92 Å². The molecule has 5 nitrogen and oxygen atoms in total. The van der Waals surface area contributed by atoms with Crippen molar-refractivity contribution in [3.05, 3.63) is 58.9 Å². The van der Waals surface area contributed by atoms with Crippen LogP contribution in [-0.2, 0) is 6.42 Å². The molecule has 0 unspecified atom stereocenters. The van der Waals surface area contributed by atoms with E-state index in [-0.39, 0.29) is 17.2 Å². The Balaban J connectivity index is 1.94. The molecule has 0 aliphatic carbocycles. The minimum absolute atomic E-state index is 0.119. The fourth-order valence-electron chi connectivity index (χ4n) is 2.59. The Morgan fingerprint density at radius 3 is 2.67 bits per heavy atom. The van der Waals surface area contributed by atoms with E-state index in [9.17, 15) is 9.59 Å². The highest BCUT2D eigenvalue weighted by Gasteiger charge is 2.26. The van der Waals surface area contributed by atoms with E-state index in [2.05, 4.69) is 4.98 Å². The maximum Gasteiger partial charge on any atom is 0.337 e. The molecule has 1 aliphatic heterocycles. The second kappa shape index (κ2) is 5.01. The zero-order chi connectivity index (χ0) is 15.0. The smallest absolute Gasteiger partial charge is 0.337 e. The first-order valence-corrected chi connectivity index (χ1v) is 6.68. The van der Waals surface area contributed by atoms with Crippen molar-refractivity contribution < 1.29 is 14.7 Å². The van der Waals surface area contributed by atoms with Crippen LogP contribution < -0.4 is 4.90 Å². The van der Waals surface area contributed by atoms with E-state index < -0.39 is 5.97 Å². The van der Waals surface area contributed by atoms with Crippen molar-refractivity contribution in [2.45, 2.75) is 13.3 Å². The molecule has 106 valence electrons. The van der Waals surface area contributed by atoms with Gasteiger partial charge < -0.3 is 10.0 Å². The number of rotatable bonds is 2. The summed E-state index contributed by atoms with van der Waals surface area (Å²) in [5, 5.41) is 9.00. The Labute approximate surface area is 121 Å². The van der Waals surface area contributed by atoms with Gasteiger partial charge in [-0.1, -0.05) is 18.2 Å². The van der Waals surface area contributed by atoms with E-state index in [1.165, 1.54) is 12.1 Å². The minimum atomic E-state index is -1.04. The number of hydrogen-bond acceptors (Lipinski definition) is 3. The highest BCUT2D eigenvalue weighted by molar-refractivity contribution is 6.06. The van der Waals surface area contributed by atoms with Gasteiger partial charge in [-0.05, 0) is 37.1 Å². The van der Waals surface area contributed by atoms with Crippen LogP contribution in [0.15, 0.2) is 36.4 Å². The van der Waals surface area contributed by atoms with Gasteiger partial charge in [0.05, 0.1) is 11.3 Å². The molecule has 5 heteroatoms. The lowest BCUT2D eigenvalue weighted by Crippen LogP contribution is -2.30. The second-order valence-corrected chi connectivity index (χ2v) is 4.97. The van der Waals surface area contributed by atoms with Crippen molar-refractivity contribution >= 4 is 17.6 Å². The number of para-hydroxylation sites is 1. The molecule has 1 aromatic carbocycles. The van der Waals surface area contributed by atoms with E-state index in [1.54, 1.807) is 11.8 Å². The van der Waals surface area contributed by atoms with Crippen LogP contribution in [0.2, 0.25) is 0 Å². The number of aromatic carboxylic acids is 1. The molecule has 21 heavy (non-hydrogen) atoms. The van der Waals surface area contributed by atoms with Gasteiger partial charge in [0.15, 0.2) is 0 Å². The number of amides is 1. The highest BCUT2D eigenvalue weighted by atomic mass is 16.4. The van der Waals surface area contributed by atoms with Gasteiger partial charge in [0.1, 0.15) is 5.69 Å². The van der Waals surface area contributed by atoms with Crippen LogP contribution in [0.1, 0.15) is 32.1 Å². The SMILES string of the molecule is Cc1nc(C(=O)N2CCc3ccccc32)ccc1C(=O)O. The molecular weight excluding hydrogens is 268 g/mol. The Morgan fingerprint density at radius 2 is 1.95 bits per heavy atom. The van der Waals surface area contributed by atoms with Crippen LogP contribution in [0.3, 0.4) is 0 Å². The van der Waals surface area contributed by atoms with Crippen LogP contribution in [0.5, 0.6) is 0 Å². The first-order chi connectivity index (χ1) is 10.1. The summed E-state index contributed by atoms with van der Waals surface area (Å²) >= 11 is 0. The maximum absolute atomic E-state index is 12.6. The third-order valence-corrected chi connectivity index (χ3v) is 3.67. The van der Waals surface area contributed by atoms with Gasteiger partial charge in [0, 0.05) is 12.2 Å². The van der Waals surface area contributed by atoms with E-state index in [1.807, 2.05) is 24.3 Å². The monoisotopic (exact) mass is 282 g/mol. The summed E-state index contributed by atoms with van der Waals surface area (Å²) in [6.45, 7) is 2.22. The highest BCUT2D eigenvalue weighted by Crippen LogP contribution is 2.28. The first-order valence-electron chi connectivity index (χ1n) is 6.68. The number of carboxylic acids is 1. The van der Waals surface area contributed by atoms with Crippen molar-refractivity contribution in [3.8, 4) is 0 Å². The number of nitrogens with zero attached hydrogens (tertiary/aromatic N) is 2. The molecule has 1 aromatic heterocycles. The fourth-order valence-corrected chi connectivity index (χ4v) is 2.59. The zero-order valence-electron chi connectivity index (χ0n) is 11.5. The van der Waals surface area contributed by atoms with Gasteiger partial charge in [-0.15, -0.1) is 0 Å². The lowest BCUT2D eigenvalue weighted by Gasteiger charge is -2.17. The van der Waals surface area contributed by atoms with Crippen molar-refractivity contribution in [1.82, 2.24) is 4.98 Å². The molecule has 3 rings (SSSR count). The summed E-state index contributed by atoms with van der Waals surface area (Å²) in [6, 6.07) is 10.7. The van der Waals surface area contributed by atoms with E-state index in [0.717, 1.165) is 17.7 Å². The Hall–Kier alpha value is -2.69. The average Bonchev–Trinajstić information content (AvgIpc) is 2.90. The topological polar surface area (TPSA) is 70.5 Å². The number of aryl methyl sites for hydroxylation is 1. The molecule has 0 fully saturated rings. The summed E-state index contributed by atoms with van der Waals surface area (Å²) in [7, 11) is 0. The van der Waals surface area contributed by atoms with Crippen LogP contribution in [0.25, 0.3) is 0 Å². The fraction of sp³-hybridized carbons (Fsp3) is 0.188. The molecule has 2 aromatic rings. The van der Waals surface area contributed by atoms with Gasteiger partial charge in [-0.3, -0.25) is 4.79 Å². The van der Waals surface area contributed by atoms with E-state index in [0.29, 0.717) is 12.2 Å². The number of hydrogen-bond donors (Lipinski definition) is 1. The molecule has 0 spiro atoms. The van der Waals surface area contributed by atoms with E-state index in [4.69, 9.17) is 5.11 Å². The molecule has 2 heterocycles. The van der Waals surface area contributed by atoms with Crippen LogP contribution in [-0.4, -0.2) is 28.5 Å². The number of benzene rings is 1. The van der Waals surface area contributed by atoms with Gasteiger partial charge in [-0.25, -0.2) is 9.78 Å². The molecule has 0 radical (unpaired) electrons. The number of anilines is 1. The molecular formula is C16H14N2O3. The van der Waals surface area contributed by atoms with Gasteiger partial charge in [0.2, 0.25) is 0 Å². The normalized spacial score (nSPS) is 13.1. The molecule has 0 saturated carbocycles. The molecule has 0 saturated heterocycles. The van der Waals surface area contributed by atoms with Gasteiger partial charge in [-0.2, -0.15) is 0 Å². The number of aromatic nitrogens is 1. The quantitative estimate of drug-likeness (QED) is 0.917. The van der Waals surface area contributed by atoms with Crippen LogP contribution >= 0.6 is 0 Å². The van der Waals surface area contributed by atoms with Gasteiger partial charge in [0.25, 0.3) is 5.91 Å². The Morgan fingerprint density at radius 1 is 1.19 bits per heavy atom. The van der Waals surface area contributed by atoms with Crippen molar-refractivity contribution in [2.24, 2.45) is 0 Å². The third kappa shape index (κ3) is 2.27. The predicted molar refractivity (Wildman–Crippen MR) is 77.8 cm³/mol. The average molecular weight is 282 g/mol. The lowest BCUT2D eigenvalue weighted by molar-refractivity contribution is 0.0695. The number of fused-ring (bicyclic) bond motifs is 1. The van der Waals surface area contributed by atoms with Gasteiger partial charge >= 0.3 is 5.97 Å². The summed E-state index contributed by atoms with van der Waals surface area (Å²) in [6.07, 6.45) is 0.827. The molecule has 0 atom stereocenters. The Kier molecular flexibility index (Phi) is 3.17. The van der Waals surface area contributed by atoms with Crippen molar-refractivity contribution in [3.63, 3.8) is 0 Å². The Bertz CT molecular complexity index is 740. The molecule has 0 bridgehead atoms. The summed E-state index contributed by atoms with van der Waals surface area (Å²) < 4.78 is 0. The number of carbonyl (C=O) groups excluding carboxylic acids is 1. The van der Waals surface area contributed by atoms with Crippen LogP contribution in [0.4, 0.5) is 5.69 Å². The standard InChI is InChI=1S/C16H14N2O3/c1-10-12(16(20)21)6-7-13(17-10)15(19)18-9-8-11-4-2-3-5-14(11)18/h2-7H,8-9H2,1H3,(H,20,21). The maximum atomic E-state index is 12.6. The minimum Gasteiger partial charge on any atom is -0.478 e. The summed E-state index contributed by atoms with van der Waals surface area (Å²) in [5.41, 5.74) is 2.79. The summed E-state index contributed by atoms with van der Waals surface area (Å²) in [5.74, 6) is -1.23. The number of carbonyl (C=O) groups is 2. The molecule has 1 amide bonds. The largest absolute Gasteiger partial charge is 0.478 e. The van der Waals surface area contributed by atoms with E-state index >= 15 is 0 Å². The predicted octanol–water partition coefficient (Wildman–Crippen LogP) is 2.29.